The van der Waals surface area contributed by atoms with Gasteiger partial charge in [0.2, 0.25) is 0 Å². The molecule has 0 amide bonds. The molecule has 0 radical (unpaired) electrons. The molecule has 0 spiro atoms. The van der Waals surface area contributed by atoms with Gasteiger partial charge in [0.15, 0.2) is 0 Å². The van der Waals surface area contributed by atoms with Gasteiger partial charge in [-0.1, -0.05) is 13.8 Å². The minimum absolute atomic E-state index is 0.214. The summed E-state index contributed by atoms with van der Waals surface area (Å²) in [5.74, 6) is -0.214. The van der Waals surface area contributed by atoms with Crippen LogP contribution < -0.4 is 5.73 Å². The summed E-state index contributed by atoms with van der Waals surface area (Å²) in [5.41, 5.74) is 7.44. The summed E-state index contributed by atoms with van der Waals surface area (Å²) in [6.45, 7) is 4.62. The summed E-state index contributed by atoms with van der Waals surface area (Å²) in [6, 6.07) is 4.75. The molecule has 0 fully saturated rings. The van der Waals surface area contributed by atoms with Gasteiger partial charge in [0.05, 0.1) is 0 Å². The Balaban J connectivity index is 0.000000531. The average molecular weight is 208 g/mol. The van der Waals surface area contributed by atoms with Gasteiger partial charge in [0, 0.05) is 17.1 Å². The number of aromatic nitrogens is 1. The highest BCUT2D eigenvalue weighted by molar-refractivity contribution is 5.83. The van der Waals surface area contributed by atoms with Crippen LogP contribution in [0.1, 0.15) is 19.4 Å². The number of hydrogen-bond acceptors (Lipinski definition) is 1. The Bertz CT molecular complexity index is 420. The number of benzene rings is 1. The molecule has 3 N–H and O–H groups in total. The Morgan fingerprint density at radius 2 is 2.07 bits per heavy atom. The molecule has 0 saturated heterocycles. The third-order valence-electron chi connectivity index (χ3n) is 2.14. The van der Waals surface area contributed by atoms with E-state index in [9.17, 15) is 4.39 Å². The van der Waals surface area contributed by atoms with Gasteiger partial charge in [-0.15, -0.1) is 0 Å². The SMILES string of the molecule is CC.NCCc1c[nH]c2cc(F)ccc12. The Labute approximate surface area is 89.3 Å². The second-order valence-electron chi connectivity index (χ2n) is 3.04. The van der Waals surface area contributed by atoms with Crippen LogP contribution in [0.4, 0.5) is 4.39 Å². The molecule has 0 aliphatic carbocycles. The van der Waals surface area contributed by atoms with E-state index >= 15 is 0 Å². The third kappa shape index (κ3) is 2.57. The summed E-state index contributed by atoms with van der Waals surface area (Å²) in [4.78, 5) is 3.02. The van der Waals surface area contributed by atoms with Crippen LogP contribution in [0.2, 0.25) is 0 Å². The van der Waals surface area contributed by atoms with Gasteiger partial charge < -0.3 is 10.7 Å². The Kier molecular flexibility index (Phi) is 4.31. The maximum Gasteiger partial charge on any atom is 0.125 e. The lowest BCUT2D eigenvalue weighted by Gasteiger charge is -1.95. The lowest BCUT2D eigenvalue weighted by molar-refractivity contribution is 0.629. The zero-order chi connectivity index (χ0) is 11.3. The molecule has 15 heavy (non-hydrogen) atoms. The van der Waals surface area contributed by atoms with Crippen LogP contribution in [0.3, 0.4) is 0 Å². The van der Waals surface area contributed by atoms with Crippen LogP contribution in [-0.4, -0.2) is 11.5 Å². The molecule has 0 atom stereocenters. The fourth-order valence-electron chi connectivity index (χ4n) is 1.52. The van der Waals surface area contributed by atoms with E-state index in [-0.39, 0.29) is 5.82 Å². The molecular formula is C12H17FN2. The number of aromatic amines is 1. The summed E-state index contributed by atoms with van der Waals surface area (Å²) in [5, 5.41) is 1.06. The summed E-state index contributed by atoms with van der Waals surface area (Å²) in [7, 11) is 0. The van der Waals surface area contributed by atoms with Gasteiger partial charge in [-0.3, -0.25) is 0 Å². The maximum absolute atomic E-state index is 12.8. The van der Waals surface area contributed by atoms with Gasteiger partial charge >= 0.3 is 0 Å². The molecule has 2 aromatic rings. The zero-order valence-corrected chi connectivity index (χ0v) is 9.18. The first-order valence-corrected chi connectivity index (χ1v) is 5.27. The van der Waals surface area contributed by atoms with Crippen LogP contribution in [-0.2, 0) is 6.42 Å². The van der Waals surface area contributed by atoms with E-state index in [4.69, 9.17) is 5.73 Å². The van der Waals surface area contributed by atoms with Gasteiger partial charge in [-0.2, -0.15) is 0 Å². The fourth-order valence-corrected chi connectivity index (χ4v) is 1.52. The van der Waals surface area contributed by atoms with E-state index in [1.165, 1.54) is 12.1 Å². The van der Waals surface area contributed by atoms with Crippen molar-refractivity contribution in [3.8, 4) is 0 Å². The smallest absolute Gasteiger partial charge is 0.125 e. The van der Waals surface area contributed by atoms with Gasteiger partial charge in [0.1, 0.15) is 5.82 Å². The van der Waals surface area contributed by atoms with E-state index < -0.39 is 0 Å². The molecule has 3 heteroatoms. The second kappa shape index (κ2) is 5.51. The standard InChI is InChI=1S/C10H11FN2.C2H6/c11-8-1-2-9-7(3-4-12)6-13-10(9)5-8;1-2/h1-2,5-6,13H,3-4,12H2;1-2H3. The lowest BCUT2D eigenvalue weighted by atomic mass is 10.1. The fraction of sp³-hybridized carbons (Fsp3) is 0.333. The minimum Gasteiger partial charge on any atom is -0.361 e. The molecule has 0 unspecified atom stereocenters. The first kappa shape index (κ1) is 11.7. The van der Waals surface area contributed by atoms with Crippen molar-refractivity contribution in [2.75, 3.05) is 6.54 Å². The number of hydrogen-bond donors (Lipinski definition) is 2. The van der Waals surface area contributed by atoms with Crippen molar-refractivity contribution in [1.29, 1.82) is 0 Å². The maximum atomic E-state index is 12.8. The van der Waals surface area contributed by atoms with Crippen LogP contribution >= 0.6 is 0 Å². The molecule has 0 bridgehead atoms. The van der Waals surface area contributed by atoms with Crippen LogP contribution in [0.15, 0.2) is 24.4 Å². The van der Waals surface area contributed by atoms with Crippen molar-refractivity contribution in [2.45, 2.75) is 20.3 Å². The van der Waals surface area contributed by atoms with Crippen LogP contribution in [0, 0.1) is 5.82 Å². The van der Waals surface area contributed by atoms with Crippen molar-refractivity contribution in [3.63, 3.8) is 0 Å². The quantitative estimate of drug-likeness (QED) is 0.783. The van der Waals surface area contributed by atoms with E-state index in [0.29, 0.717) is 6.54 Å². The van der Waals surface area contributed by atoms with Crippen molar-refractivity contribution >= 4 is 10.9 Å². The Morgan fingerprint density at radius 1 is 1.33 bits per heavy atom. The van der Waals surface area contributed by atoms with Gasteiger partial charge in [-0.05, 0) is 36.7 Å². The largest absolute Gasteiger partial charge is 0.361 e. The molecule has 82 valence electrons. The third-order valence-corrected chi connectivity index (χ3v) is 2.14. The lowest BCUT2D eigenvalue weighted by Crippen LogP contribution is -2.01. The molecule has 0 saturated carbocycles. The predicted octanol–water partition coefficient (Wildman–Crippen LogP) is 2.83. The number of halogens is 1. The number of fused-ring (bicyclic) bond motifs is 1. The topological polar surface area (TPSA) is 41.8 Å². The van der Waals surface area contributed by atoms with E-state index in [2.05, 4.69) is 4.98 Å². The molecule has 1 heterocycles. The highest BCUT2D eigenvalue weighted by Crippen LogP contribution is 2.19. The molecular weight excluding hydrogens is 191 g/mol. The summed E-state index contributed by atoms with van der Waals surface area (Å²) >= 11 is 0. The normalized spacial score (nSPS) is 9.87. The first-order chi connectivity index (χ1) is 7.31. The first-order valence-electron chi connectivity index (χ1n) is 5.27. The molecule has 1 aromatic heterocycles. The summed E-state index contributed by atoms with van der Waals surface area (Å²) < 4.78 is 12.8. The Hall–Kier alpha value is -1.35. The number of H-pyrrole nitrogens is 1. The number of nitrogens with two attached hydrogens (primary N) is 1. The second-order valence-corrected chi connectivity index (χ2v) is 3.04. The van der Waals surface area contributed by atoms with Gasteiger partial charge in [0.25, 0.3) is 0 Å². The van der Waals surface area contributed by atoms with Crippen molar-refractivity contribution in [1.82, 2.24) is 4.98 Å². The minimum atomic E-state index is -0.214. The van der Waals surface area contributed by atoms with Crippen molar-refractivity contribution in [2.24, 2.45) is 5.73 Å². The molecule has 2 nitrogen and oxygen atoms in total. The van der Waals surface area contributed by atoms with E-state index in [1.54, 1.807) is 6.07 Å². The van der Waals surface area contributed by atoms with E-state index in [1.807, 2.05) is 20.0 Å². The highest BCUT2D eigenvalue weighted by atomic mass is 19.1. The zero-order valence-electron chi connectivity index (χ0n) is 9.18. The van der Waals surface area contributed by atoms with Crippen LogP contribution in [0.5, 0.6) is 0 Å². The predicted molar refractivity (Wildman–Crippen MR) is 62.4 cm³/mol. The average Bonchev–Trinajstić information content (AvgIpc) is 2.64. The highest BCUT2D eigenvalue weighted by Gasteiger charge is 2.02. The van der Waals surface area contributed by atoms with Crippen LogP contribution in [0.25, 0.3) is 10.9 Å². The van der Waals surface area contributed by atoms with E-state index in [0.717, 1.165) is 22.9 Å². The Morgan fingerprint density at radius 3 is 2.73 bits per heavy atom. The van der Waals surface area contributed by atoms with Gasteiger partial charge in [-0.25, -0.2) is 4.39 Å². The number of nitrogens with one attached hydrogen (secondary N) is 1. The monoisotopic (exact) mass is 208 g/mol. The van der Waals surface area contributed by atoms with Crippen molar-refractivity contribution in [3.05, 3.63) is 35.8 Å². The molecule has 1 aromatic carbocycles. The molecule has 0 aliphatic rings. The molecule has 2 rings (SSSR count). The van der Waals surface area contributed by atoms with Crippen molar-refractivity contribution < 1.29 is 4.39 Å². The summed E-state index contributed by atoms with van der Waals surface area (Å²) in [6.07, 6.45) is 2.71. The number of rotatable bonds is 2. The molecule has 0 aliphatic heterocycles.